The van der Waals surface area contributed by atoms with Gasteiger partial charge in [0.25, 0.3) is 5.56 Å². The number of aryl methyl sites for hydroxylation is 2. The largest absolute Gasteiger partial charge is 0.477 e. The molecule has 0 aliphatic heterocycles. The normalized spacial score (nSPS) is 11.1. The lowest BCUT2D eigenvalue weighted by molar-refractivity contribution is 0.0698. The van der Waals surface area contributed by atoms with Gasteiger partial charge >= 0.3 is 5.97 Å². The highest BCUT2D eigenvalue weighted by Gasteiger charge is 2.20. The highest BCUT2D eigenvalue weighted by atomic mass is 35.5. The van der Waals surface area contributed by atoms with Gasteiger partial charge in [-0.3, -0.25) is 9.89 Å². The Bertz CT molecular complexity index is 988. The van der Waals surface area contributed by atoms with Gasteiger partial charge in [-0.2, -0.15) is 0 Å². The Hall–Kier alpha value is -2.60. The van der Waals surface area contributed by atoms with Crippen LogP contribution in [0.5, 0.6) is 0 Å². The van der Waals surface area contributed by atoms with Crippen LogP contribution in [-0.2, 0) is 6.42 Å². The van der Waals surface area contributed by atoms with Crippen LogP contribution in [0.25, 0.3) is 5.65 Å². The van der Waals surface area contributed by atoms with E-state index < -0.39 is 5.97 Å². The molecule has 3 aromatic rings. The van der Waals surface area contributed by atoms with Crippen LogP contribution >= 0.6 is 11.6 Å². The van der Waals surface area contributed by atoms with E-state index in [1.165, 1.54) is 4.52 Å². The number of aromatic carboxylic acids is 1. The summed E-state index contributed by atoms with van der Waals surface area (Å²) in [6, 6.07) is 7.25. The van der Waals surface area contributed by atoms with Crippen LogP contribution < -0.4 is 5.56 Å². The minimum atomic E-state index is -1.12. The van der Waals surface area contributed by atoms with E-state index in [1.807, 2.05) is 12.1 Å². The lowest BCUT2D eigenvalue weighted by Gasteiger charge is -2.06. The molecule has 0 bridgehead atoms. The lowest BCUT2D eigenvalue weighted by atomic mass is 10.1. The maximum Gasteiger partial charge on any atom is 0.341 e. The van der Waals surface area contributed by atoms with Crippen molar-refractivity contribution in [1.82, 2.24) is 14.6 Å². The molecule has 2 aromatic heterocycles. The van der Waals surface area contributed by atoms with Gasteiger partial charge in [-0.1, -0.05) is 23.7 Å². The summed E-state index contributed by atoms with van der Waals surface area (Å²) < 4.78 is 1.19. The number of benzene rings is 1. The van der Waals surface area contributed by atoms with E-state index in [4.69, 9.17) is 11.6 Å². The molecule has 0 radical (unpaired) electrons. The number of aromatic amines is 1. The lowest BCUT2D eigenvalue weighted by Crippen LogP contribution is -2.22. The molecule has 0 saturated carbocycles. The van der Waals surface area contributed by atoms with E-state index in [2.05, 4.69) is 10.1 Å². The molecule has 3 rings (SSSR count). The summed E-state index contributed by atoms with van der Waals surface area (Å²) in [6.07, 6.45) is 0.377. The Morgan fingerprint density at radius 3 is 2.78 bits per heavy atom. The van der Waals surface area contributed by atoms with E-state index >= 15 is 0 Å². The first-order valence-electron chi connectivity index (χ1n) is 6.97. The molecule has 0 saturated heterocycles. The summed E-state index contributed by atoms with van der Waals surface area (Å²) in [4.78, 5) is 28.4. The van der Waals surface area contributed by atoms with Crippen molar-refractivity contribution in [3.63, 3.8) is 0 Å². The monoisotopic (exact) mass is 331 g/mol. The molecule has 2 N–H and O–H groups in total. The predicted molar refractivity (Wildman–Crippen MR) is 86.5 cm³/mol. The number of carboxylic acid groups (broad SMARTS) is 1. The summed E-state index contributed by atoms with van der Waals surface area (Å²) in [7, 11) is 0. The number of hydrogen-bond acceptors (Lipinski definition) is 3. The number of hydrogen-bond donors (Lipinski definition) is 2. The molecule has 6 nitrogen and oxygen atoms in total. The van der Waals surface area contributed by atoms with Crippen molar-refractivity contribution in [2.45, 2.75) is 20.3 Å². The fourth-order valence-corrected chi connectivity index (χ4v) is 2.85. The molecule has 23 heavy (non-hydrogen) atoms. The number of nitrogens with zero attached hydrogens (tertiary/aromatic N) is 2. The molecule has 0 aliphatic carbocycles. The van der Waals surface area contributed by atoms with Gasteiger partial charge in [-0.25, -0.2) is 14.3 Å². The van der Waals surface area contributed by atoms with Crippen molar-refractivity contribution in [2.24, 2.45) is 0 Å². The number of nitrogens with one attached hydrogen (secondary N) is 1. The molecule has 1 aromatic carbocycles. The number of carbonyl (C=O) groups is 1. The zero-order valence-electron chi connectivity index (χ0n) is 12.6. The Morgan fingerprint density at radius 1 is 1.39 bits per heavy atom. The van der Waals surface area contributed by atoms with Crippen LogP contribution in [0.3, 0.4) is 0 Å². The fraction of sp³-hybridized carbons (Fsp3) is 0.188. The van der Waals surface area contributed by atoms with Gasteiger partial charge in [0.2, 0.25) is 0 Å². The summed E-state index contributed by atoms with van der Waals surface area (Å²) in [5.41, 5.74) is 2.14. The summed E-state index contributed by atoms with van der Waals surface area (Å²) in [6.45, 7) is 3.30. The van der Waals surface area contributed by atoms with Gasteiger partial charge in [-0.15, -0.1) is 0 Å². The Kier molecular flexibility index (Phi) is 3.69. The molecule has 0 atom stereocenters. The molecule has 118 valence electrons. The second-order valence-electron chi connectivity index (χ2n) is 5.36. The number of H-pyrrole nitrogens is 1. The Balaban J connectivity index is 2.20. The number of carboxylic acids is 1. The van der Waals surface area contributed by atoms with Gasteiger partial charge in [0.1, 0.15) is 5.56 Å². The van der Waals surface area contributed by atoms with E-state index in [1.54, 1.807) is 26.0 Å². The minimum absolute atomic E-state index is 0.0134. The van der Waals surface area contributed by atoms with Gasteiger partial charge in [0, 0.05) is 28.4 Å². The zero-order chi connectivity index (χ0) is 16.7. The standard InChI is InChI=1S/C16H14ClN3O3/c1-8-12(7-10-4-3-5-11(17)6-10)15(21)20-14(18-8)13(16(22)23)9(2)19-20/h3-6,19H,7H2,1-2H3,(H,22,23). The molecule has 0 amide bonds. The summed E-state index contributed by atoms with van der Waals surface area (Å²) in [5, 5.41) is 12.7. The number of halogens is 1. The van der Waals surface area contributed by atoms with Crippen LogP contribution in [-0.4, -0.2) is 25.7 Å². The summed E-state index contributed by atoms with van der Waals surface area (Å²) >= 11 is 5.97. The Morgan fingerprint density at radius 2 is 2.13 bits per heavy atom. The maximum absolute atomic E-state index is 12.7. The van der Waals surface area contributed by atoms with Crippen LogP contribution in [0.1, 0.15) is 32.9 Å². The first kappa shape index (κ1) is 15.3. The average molecular weight is 332 g/mol. The number of fused-ring (bicyclic) bond motifs is 1. The van der Waals surface area contributed by atoms with Crippen molar-refractivity contribution >= 4 is 23.2 Å². The van der Waals surface area contributed by atoms with Crippen molar-refractivity contribution in [3.8, 4) is 0 Å². The van der Waals surface area contributed by atoms with Crippen LogP contribution in [0.15, 0.2) is 29.1 Å². The second kappa shape index (κ2) is 5.55. The molecule has 2 heterocycles. The smallest absolute Gasteiger partial charge is 0.341 e. The predicted octanol–water partition coefficient (Wildman–Crippen LogP) is 2.58. The van der Waals surface area contributed by atoms with E-state index in [9.17, 15) is 14.7 Å². The second-order valence-corrected chi connectivity index (χ2v) is 5.80. The zero-order valence-corrected chi connectivity index (χ0v) is 13.3. The first-order chi connectivity index (χ1) is 10.9. The van der Waals surface area contributed by atoms with Crippen molar-refractivity contribution in [1.29, 1.82) is 0 Å². The highest BCUT2D eigenvalue weighted by molar-refractivity contribution is 6.30. The molecular formula is C16H14ClN3O3. The summed E-state index contributed by atoms with van der Waals surface area (Å²) in [5.74, 6) is -1.12. The molecule has 0 spiro atoms. The highest BCUT2D eigenvalue weighted by Crippen LogP contribution is 2.17. The first-order valence-corrected chi connectivity index (χ1v) is 7.35. The van der Waals surface area contributed by atoms with Crippen LogP contribution in [0.2, 0.25) is 5.02 Å². The van der Waals surface area contributed by atoms with Crippen molar-refractivity contribution in [2.75, 3.05) is 0 Å². The topological polar surface area (TPSA) is 87.5 Å². The maximum atomic E-state index is 12.7. The third-order valence-electron chi connectivity index (χ3n) is 3.75. The quantitative estimate of drug-likeness (QED) is 0.772. The third-order valence-corrected chi connectivity index (χ3v) is 3.98. The van der Waals surface area contributed by atoms with Crippen LogP contribution in [0.4, 0.5) is 0 Å². The Labute approximate surface area is 136 Å². The van der Waals surface area contributed by atoms with Gasteiger partial charge < -0.3 is 5.11 Å². The van der Waals surface area contributed by atoms with Gasteiger partial charge in [0.15, 0.2) is 5.65 Å². The molecule has 7 heteroatoms. The van der Waals surface area contributed by atoms with Crippen molar-refractivity contribution in [3.05, 3.63) is 67.7 Å². The van der Waals surface area contributed by atoms with E-state index in [0.29, 0.717) is 28.4 Å². The van der Waals surface area contributed by atoms with Crippen LogP contribution in [0, 0.1) is 13.8 Å². The van der Waals surface area contributed by atoms with Crippen molar-refractivity contribution < 1.29 is 9.90 Å². The molecular weight excluding hydrogens is 318 g/mol. The molecule has 0 unspecified atom stereocenters. The minimum Gasteiger partial charge on any atom is -0.477 e. The average Bonchev–Trinajstić information content (AvgIpc) is 2.80. The van der Waals surface area contributed by atoms with E-state index in [0.717, 1.165) is 5.56 Å². The third kappa shape index (κ3) is 2.61. The van der Waals surface area contributed by atoms with E-state index in [-0.39, 0.29) is 16.8 Å². The molecule has 0 aliphatic rings. The number of rotatable bonds is 3. The SMILES string of the molecule is Cc1nc2c(C(=O)O)c(C)[nH]n2c(=O)c1Cc1cccc(Cl)c1. The molecule has 0 fully saturated rings. The fourth-order valence-electron chi connectivity index (χ4n) is 2.64. The van der Waals surface area contributed by atoms with Gasteiger partial charge in [-0.05, 0) is 31.5 Å². The number of aromatic nitrogens is 3. The van der Waals surface area contributed by atoms with Gasteiger partial charge in [0.05, 0.1) is 0 Å².